The minimum absolute atomic E-state index is 0.0710. The number of fused-ring (bicyclic) bond motifs is 1. The number of hydrogen-bond acceptors (Lipinski definition) is 12. The minimum atomic E-state index is -0.558. The van der Waals surface area contributed by atoms with E-state index in [2.05, 4.69) is 51.0 Å². The number of aromatic amines is 2. The fraction of sp³-hybridized carbons (Fsp3) is 0.320. The Bertz CT molecular complexity index is 3320. The molecule has 0 radical (unpaired) electrons. The SMILES string of the molecule is COC(=O)c1cc(-c2nc(C=O)[nH]c2-c2ccn(C3CC3)n2)ccc1N.Cn1cnc2ccc(B3OC(C)(C)C(C)(C)O3)cc2c1=O.Fc1cc(F)cc(CCc2nc(-c3ccn(C4CC4)n3)c(Br)[nH]2)c1. The van der Waals surface area contributed by atoms with Crippen molar-refractivity contribution < 1.29 is 32.4 Å². The summed E-state index contributed by atoms with van der Waals surface area (Å²) < 4.78 is 49.4. The summed E-state index contributed by atoms with van der Waals surface area (Å²) >= 11 is 3.48. The standard InChI is InChI=1S/C18H17N5O3.C17H15BrF2N4.C15H19BN2O3/c1-26-18(25)12-8-10(2-5-13(12)19)16-17(21-15(9-24)20-16)14-6-7-23(22-14)11-3-4-11;18-17-16(14-5-6-24(23-14)13-2-3-13)21-15(22-17)4-1-10-7-11(19)9-12(20)8-10;1-14(2)15(3,4)21-16(20-14)10-6-7-12-11(8-10)13(19)18(5)9-17-12/h2,5-9,11H,3-4,19H2,1H3,(H,20,21);5-9,13H,1-4H2,(H,21,22);6-9H,1-5H3. The molecule has 21 heteroatoms. The van der Waals surface area contributed by atoms with Gasteiger partial charge < -0.3 is 34.3 Å². The van der Waals surface area contributed by atoms with Gasteiger partial charge in [0.25, 0.3) is 5.56 Å². The van der Waals surface area contributed by atoms with Gasteiger partial charge >= 0.3 is 13.1 Å². The van der Waals surface area contributed by atoms with Gasteiger partial charge in [0.05, 0.1) is 64.6 Å². The summed E-state index contributed by atoms with van der Waals surface area (Å²) in [4.78, 5) is 54.6. The molecule has 3 aliphatic rings. The Labute approximate surface area is 415 Å². The number of benzene rings is 3. The van der Waals surface area contributed by atoms with Crippen molar-refractivity contribution in [3.8, 4) is 34.0 Å². The van der Waals surface area contributed by atoms with Crippen LogP contribution >= 0.6 is 15.9 Å². The summed E-state index contributed by atoms with van der Waals surface area (Å²) in [6, 6.07) is 18.9. The number of carbonyl (C=O) groups excluding carboxylic acids is 2. The van der Waals surface area contributed by atoms with Gasteiger partial charge in [-0.25, -0.2) is 28.5 Å². The lowest BCUT2D eigenvalue weighted by Crippen LogP contribution is -2.41. The Morgan fingerprint density at radius 1 is 0.873 bits per heavy atom. The fourth-order valence-corrected chi connectivity index (χ4v) is 8.43. The van der Waals surface area contributed by atoms with E-state index in [9.17, 15) is 23.2 Å². The number of H-pyrrole nitrogens is 2. The van der Waals surface area contributed by atoms with E-state index in [4.69, 9.17) is 19.8 Å². The first-order valence-corrected chi connectivity index (χ1v) is 23.8. The van der Waals surface area contributed by atoms with Gasteiger partial charge in [-0.2, -0.15) is 10.2 Å². The first-order chi connectivity index (χ1) is 33.9. The molecular formula is C50H51BBrF2N11O6. The molecule has 6 heterocycles. The van der Waals surface area contributed by atoms with E-state index < -0.39 is 35.9 Å². The van der Waals surface area contributed by atoms with E-state index in [0.717, 1.165) is 46.2 Å². The maximum atomic E-state index is 13.2. The number of aryl methyl sites for hydroxylation is 3. The van der Waals surface area contributed by atoms with Crippen LogP contribution in [0.25, 0.3) is 44.9 Å². The number of imidazole rings is 2. The monoisotopic (exact) mass is 1030 g/mol. The quantitative estimate of drug-likeness (QED) is 0.0485. The Morgan fingerprint density at radius 3 is 2.15 bits per heavy atom. The number of aromatic nitrogens is 10. The van der Waals surface area contributed by atoms with Crippen molar-refractivity contribution in [3.63, 3.8) is 0 Å². The van der Waals surface area contributed by atoms with E-state index in [1.54, 1.807) is 25.2 Å². The number of halogens is 3. The third-order valence-corrected chi connectivity index (χ3v) is 13.4. The van der Waals surface area contributed by atoms with Crippen molar-refractivity contribution in [3.05, 3.63) is 135 Å². The number of aldehydes is 1. The van der Waals surface area contributed by atoms with Crippen molar-refractivity contribution >= 4 is 57.4 Å². The lowest BCUT2D eigenvalue weighted by atomic mass is 9.78. The second kappa shape index (κ2) is 19.6. The molecule has 3 fully saturated rings. The van der Waals surface area contributed by atoms with Gasteiger partial charge in [-0.1, -0.05) is 12.1 Å². The van der Waals surface area contributed by atoms with Gasteiger partial charge in [-0.15, -0.1) is 0 Å². The number of hydrogen-bond donors (Lipinski definition) is 3. The van der Waals surface area contributed by atoms with Gasteiger partial charge in [-0.3, -0.25) is 19.0 Å². The molecule has 2 aliphatic carbocycles. The zero-order valence-electron chi connectivity index (χ0n) is 39.9. The Kier molecular flexibility index (Phi) is 13.5. The number of nitrogen functional groups attached to an aromatic ring is 1. The maximum absolute atomic E-state index is 13.2. The average molecular weight is 1030 g/mol. The number of ether oxygens (including phenoxy) is 1. The number of methoxy groups -OCH3 is 1. The highest BCUT2D eigenvalue weighted by Gasteiger charge is 2.51. The van der Waals surface area contributed by atoms with Gasteiger partial charge in [0, 0.05) is 43.2 Å². The molecule has 3 aromatic carbocycles. The first-order valence-electron chi connectivity index (χ1n) is 23.0. The van der Waals surface area contributed by atoms with E-state index in [1.165, 1.54) is 43.0 Å². The largest absolute Gasteiger partial charge is 0.494 e. The van der Waals surface area contributed by atoms with Gasteiger partial charge in [0.15, 0.2) is 12.1 Å². The van der Waals surface area contributed by atoms with Crippen LogP contribution in [0.15, 0.2) is 94.8 Å². The second-order valence-electron chi connectivity index (χ2n) is 18.7. The molecule has 0 atom stereocenters. The molecule has 366 valence electrons. The Hall–Kier alpha value is -7.10. The first kappa shape index (κ1) is 48.9. The zero-order chi connectivity index (χ0) is 50.4. The molecule has 17 nitrogen and oxygen atoms in total. The number of rotatable bonds is 11. The predicted octanol–water partition coefficient (Wildman–Crippen LogP) is 8.12. The molecule has 8 aromatic rings. The molecule has 1 aliphatic heterocycles. The highest BCUT2D eigenvalue weighted by molar-refractivity contribution is 9.10. The van der Waals surface area contributed by atoms with Crippen molar-refractivity contribution in [2.75, 3.05) is 12.8 Å². The number of nitrogens with one attached hydrogen (secondary N) is 2. The Morgan fingerprint density at radius 2 is 1.52 bits per heavy atom. The fourth-order valence-electron chi connectivity index (χ4n) is 7.91. The van der Waals surface area contributed by atoms with Crippen molar-refractivity contribution in [2.24, 2.45) is 7.05 Å². The van der Waals surface area contributed by atoms with Crippen LogP contribution in [0.4, 0.5) is 14.5 Å². The van der Waals surface area contributed by atoms with E-state index >= 15 is 0 Å². The smallest absolute Gasteiger partial charge is 0.465 e. The van der Waals surface area contributed by atoms with Gasteiger partial charge in [0.1, 0.15) is 39.1 Å². The van der Waals surface area contributed by atoms with Crippen LogP contribution in [0, 0.1) is 11.6 Å². The van der Waals surface area contributed by atoms with Crippen molar-refractivity contribution in [1.29, 1.82) is 0 Å². The highest BCUT2D eigenvalue weighted by Crippen LogP contribution is 2.38. The summed E-state index contributed by atoms with van der Waals surface area (Å²) in [5, 5.41) is 9.72. The topological polar surface area (TPSA) is 216 Å². The number of esters is 1. The highest BCUT2D eigenvalue weighted by atomic mass is 79.9. The molecular weight excluding hydrogens is 979 g/mol. The van der Waals surface area contributed by atoms with Crippen LogP contribution in [0.3, 0.4) is 0 Å². The van der Waals surface area contributed by atoms with Crippen LogP contribution in [0.2, 0.25) is 0 Å². The summed E-state index contributed by atoms with van der Waals surface area (Å²) in [5.41, 5.74) is 11.7. The molecule has 71 heavy (non-hydrogen) atoms. The molecule has 2 saturated carbocycles. The molecule has 5 aromatic heterocycles. The van der Waals surface area contributed by atoms with E-state index in [0.29, 0.717) is 76.0 Å². The van der Waals surface area contributed by atoms with Crippen LogP contribution < -0.4 is 16.8 Å². The zero-order valence-corrected chi connectivity index (χ0v) is 41.5. The number of nitrogens with two attached hydrogens (primary N) is 1. The molecule has 0 spiro atoms. The Balaban J connectivity index is 0.000000133. The summed E-state index contributed by atoms with van der Waals surface area (Å²) in [7, 11) is 2.52. The molecule has 0 unspecified atom stereocenters. The van der Waals surface area contributed by atoms with Crippen LogP contribution in [0.1, 0.15) is 97.8 Å². The van der Waals surface area contributed by atoms with Crippen LogP contribution in [-0.4, -0.2) is 86.7 Å². The van der Waals surface area contributed by atoms with Crippen LogP contribution in [-0.2, 0) is 33.9 Å². The lowest BCUT2D eigenvalue weighted by molar-refractivity contribution is 0.00578. The van der Waals surface area contributed by atoms with E-state index in [1.807, 2.05) is 79.8 Å². The van der Waals surface area contributed by atoms with E-state index in [-0.39, 0.29) is 16.9 Å². The molecule has 4 N–H and O–H groups in total. The predicted molar refractivity (Wildman–Crippen MR) is 267 cm³/mol. The third-order valence-electron chi connectivity index (χ3n) is 12.9. The summed E-state index contributed by atoms with van der Waals surface area (Å²) in [6.07, 6.45) is 11.7. The normalized spacial score (nSPS) is 15.8. The number of anilines is 1. The van der Waals surface area contributed by atoms with Gasteiger partial charge in [0.2, 0.25) is 0 Å². The van der Waals surface area contributed by atoms with Crippen molar-refractivity contribution in [1.82, 2.24) is 49.0 Å². The van der Waals surface area contributed by atoms with Gasteiger partial charge in [-0.05, 0) is 135 Å². The average Bonchev–Trinajstić information content (AvgIpc) is 4.12. The molecule has 1 saturated heterocycles. The van der Waals surface area contributed by atoms with Crippen LogP contribution in [0.5, 0.6) is 0 Å². The lowest BCUT2D eigenvalue weighted by Gasteiger charge is -2.32. The molecule has 0 bridgehead atoms. The van der Waals surface area contributed by atoms with Crippen molar-refractivity contribution in [2.45, 2.75) is 89.5 Å². The third kappa shape index (κ3) is 10.7. The summed E-state index contributed by atoms with van der Waals surface area (Å²) in [5.74, 6) is -0.709. The maximum Gasteiger partial charge on any atom is 0.494 e. The summed E-state index contributed by atoms with van der Waals surface area (Å²) in [6.45, 7) is 8.03. The second-order valence-corrected chi connectivity index (χ2v) is 19.5. The number of nitrogens with zero attached hydrogens (tertiary/aromatic N) is 8. The number of carbonyl (C=O) groups is 2. The molecule has 11 rings (SSSR count). The minimum Gasteiger partial charge on any atom is -0.465 e. The molecule has 0 amide bonds.